The molecule has 0 atom stereocenters. The summed E-state index contributed by atoms with van der Waals surface area (Å²) in [6, 6.07) is 12.8. The molecule has 2 nitrogen and oxygen atoms in total. The maximum Gasteiger partial charge on any atom is 0.0525 e. The van der Waals surface area contributed by atoms with Crippen molar-refractivity contribution < 1.29 is 0 Å². The van der Waals surface area contributed by atoms with Crippen LogP contribution in [0.1, 0.15) is 5.56 Å². The molecule has 0 bridgehead atoms. The smallest absolute Gasteiger partial charge is 0.0525 e. The predicted molar refractivity (Wildman–Crippen MR) is 75.8 cm³/mol. The van der Waals surface area contributed by atoms with E-state index in [-0.39, 0.29) is 0 Å². The van der Waals surface area contributed by atoms with Gasteiger partial charge in [0.1, 0.15) is 0 Å². The molecule has 0 aliphatic heterocycles. The second-order valence-electron chi connectivity index (χ2n) is 4.71. The SMILES string of the molecule is Cc1cncc2c1[nH]c1ccc3ccccc3c12. The second kappa shape index (κ2) is 3.33. The highest BCUT2D eigenvalue weighted by Gasteiger charge is 2.09. The van der Waals surface area contributed by atoms with Gasteiger partial charge in [-0.3, -0.25) is 4.98 Å². The summed E-state index contributed by atoms with van der Waals surface area (Å²) in [4.78, 5) is 7.82. The molecule has 0 amide bonds. The molecule has 0 fully saturated rings. The van der Waals surface area contributed by atoms with Crippen molar-refractivity contribution in [1.29, 1.82) is 0 Å². The molecule has 0 spiro atoms. The van der Waals surface area contributed by atoms with Gasteiger partial charge in [0.05, 0.1) is 5.52 Å². The fourth-order valence-electron chi connectivity index (χ4n) is 2.72. The van der Waals surface area contributed by atoms with Crippen molar-refractivity contribution in [3.05, 3.63) is 54.4 Å². The number of hydrogen-bond acceptors (Lipinski definition) is 1. The first-order chi connectivity index (χ1) is 8.84. The number of hydrogen-bond donors (Lipinski definition) is 1. The zero-order chi connectivity index (χ0) is 12.1. The van der Waals surface area contributed by atoms with Gasteiger partial charge in [0, 0.05) is 28.7 Å². The Morgan fingerprint density at radius 1 is 0.944 bits per heavy atom. The first kappa shape index (κ1) is 9.66. The van der Waals surface area contributed by atoms with E-state index in [9.17, 15) is 0 Å². The van der Waals surface area contributed by atoms with Gasteiger partial charge in [0.15, 0.2) is 0 Å². The quantitative estimate of drug-likeness (QED) is 0.484. The fraction of sp³-hybridized carbons (Fsp3) is 0.0625. The van der Waals surface area contributed by atoms with E-state index in [1.54, 1.807) is 0 Å². The van der Waals surface area contributed by atoms with Crippen LogP contribution in [0.15, 0.2) is 48.8 Å². The number of aryl methyl sites for hydroxylation is 1. The lowest BCUT2D eigenvalue weighted by Crippen LogP contribution is -1.78. The lowest BCUT2D eigenvalue weighted by Gasteiger charge is -1.99. The van der Waals surface area contributed by atoms with Crippen LogP contribution >= 0.6 is 0 Å². The van der Waals surface area contributed by atoms with Crippen LogP contribution < -0.4 is 0 Å². The van der Waals surface area contributed by atoms with Crippen molar-refractivity contribution >= 4 is 32.6 Å². The molecular weight excluding hydrogens is 220 g/mol. The molecule has 0 unspecified atom stereocenters. The molecule has 2 heterocycles. The Hall–Kier alpha value is -2.35. The van der Waals surface area contributed by atoms with Crippen molar-refractivity contribution in [2.75, 3.05) is 0 Å². The summed E-state index contributed by atoms with van der Waals surface area (Å²) in [5.41, 5.74) is 3.56. The normalized spacial score (nSPS) is 11.6. The van der Waals surface area contributed by atoms with E-state index in [1.165, 1.54) is 38.1 Å². The maximum atomic E-state index is 4.32. The third kappa shape index (κ3) is 1.15. The van der Waals surface area contributed by atoms with E-state index < -0.39 is 0 Å². The van der Waals surface area contributed by atoms with Gasteiger partial charge in [-0.2, -0.15) is 0 Å². The fourth-order valence-corrected chi connectivity index (χ4v) is 2.72. The number of rotatable bonds is 0. The first-order valence-corrected chi connectivity index (χ1v) is 6.08. The molecule has 1 N–H and O–H groups in total. The molecule has 86 valence electrons. The van der Waals surface area contributed by atoms with Crippen LogP contribution in [0.4, 0.5) is 0 Å². The largest absolute Gasteiger partial charge is 0.354 e. The summed E-state index contributed by atoms with van der Waals surface area (Å²) in [6.45, 7) is 2.09. The average Bonchev–Trinajstić information content (AvgIpc) is 2.79. The zero-order valence-corrected chi connectivity index (χ0v) is 10.1. The van der Waals surface area contributed by atoms with E-state index in [0.29, 0.717) is 0 Å². The lowest BCUT2D eigenvalue weighted by molar-refractivity contribution is 1.30. The molecule has 0 radical (unpaired) electrons. The molecule has 0 saturated carbocycles. The van der Waals surface area contributed by atoms with Crippen molar-refractivity contribution in [1.82, 2.24) is 9.97 Å². The number of benzene rings is 2. The Morgan fingerprint density at radius 3 is 2.78 bits per heavy atom. The van der Waals surface area contributed by atoms with Crippen molar-refractivity contribution in [2.45, 2.75) is 6.92 Å². The molecule has 4 rings (SSSR count). The number of nitrogens with one attached hydrogen (secondary N) is 1. The topological polar surface area (TPSA) is 28.7 Å². The van der Waals surface area contributed by atoms with Gasteiger partial charge in [-0.1, -0.05) is 30.3 Å². The van der Waals surface area contributed by atoms with Gasteiger partial charge >= 0.3 is 0 Å². The molecule has 2 heteroatoms. The average molecular weight is 232 g/mol. The molecule has 0 aliphatic rings. The Morgan fingerprint density at radius 2 is 1.83 bits per heavy atom. The van der Waals surface area contributed by atoms with Crippen molar-refractivity contribution in [2.24, 2.45) is 0 Å². The second-order valence-corrected chi connectivity index (χ2v) is 4.71. The van der Waals surface area contributed by atoms with Gasteiger partial charge in [0.2, 0.25) is 0 Å². The Kier molecular flexibility index (Phi) is 1.78. The summed E-state index contributed by atoms with van der Waals surface area (Å²) in [5.74, 6) is 0. The van der Waals surface area contributed by atoms with Crippen LogP contribution in [0.2, 0.25) is 0 Å². The van der Waals surface area contributed by atoms with Crippen LogP contribution in [0.25, 0.3) is 32.6 Å². The number of H-pyrrole nitrogens is 1. The summed E-state index contributed by atoms with van der Waals surface area (Å²) in [5, 5.41) is 5.04. The minimum atomic E-state index is 1.18. The number of aromatic nitrogens is 2. The summed E-state index contributed by atoms with van der Waals surface area (Å²) >= 11 is 0. The Bertz CT molecular complexity index is 887. The van der Waals surface area contributed by atoms with Gasteiger partial charge in [-0.05, 0) is 29.3 Å². The number of pyridine rings is 1. The number of fused-ring (bicyclic) bond motifs is 5. The Balaban J connectivity index is 2.37. The molecule has 2 aromatic carbocycles. The number of aromatic amines is 1. The molecule has 0 aliphatic carbocycles. The number of nitrogens with zero attached hydrogens (tertiary/aromatic N) is 1. The highest BCUT2D eigenvalue weighted by Crippen LogP contribution is 2.32. The Labute approximate surface area is 104 Å². The molecule has 4 aromatic rings. The highest BCUT2D eigenvalue weighted by atomic mass is 14.7. The minimum absolute atomic E-state index is 1.18. The van der Waals surface area contributed by atoms with E-state index in [1.807, 2.05) is 12.4 Å². The predicted octanol–water partition coefficient (Wildman–Crippen LogP) is 4.18. The summed E-state index contributed by atoms with van der Waals surface area (Å²) in [6.07, 6.45) is 3.85. The van der Waals surface area contributed by atoms with E-state index in [2.05, 4.69) is 53.3 Å². The molecular formula is C16H12N2. The minimum Gasteiger partial charge on any atom is -0.354 e. The van der Waals surface area contributed by atoms with E-state index in [0.717, 1.165) is 0 Å². The standard InChI is InChI=1S/C16H12N2/c1-10-8-17-9-13-15-12-5-3-2-4-11(12)6-7-14(15)18-16(10)13/h2-9,18H,1H3. The van der Waals surface area contributed by atoms with Gasteiger partial charge in [-0.15, -0.1) is 0 Å². The van der Waals surface area contributed by atoms with Crippen LogP contribution in [-0.2, 0) is 0 Å². The van der Waals surface area contributed by atoms with Gasteiger partial charge in [-0.25, -0.2) is 0 Å². The van der Waals surface area contributed by atoms with Gasteiger partial charge in [0.25, 0.3) is 0 Å². The lowest BCUT2D eigenvalue weighted by atomic mass is 10.0. The van der Waals surface area contributed by atoms with Crippen molar-refractivity contribution in [3.63, 3.8) is 0 Å². The van der Waals surface area contributed by atoms with Crippen LogP contribution in [0.5, 0.6) is 0 Å². The third-order valence-electron chi connectivity index (χ3n) is 3.59. The van der Waals surface area contributed by atoms with E-state index in [4.69, 9.17) is 0 Å². The van der Waals surface area contributed by atoms with Crippen LogP contribution in [0.3, 0.4) is 0 Å². The monoisotopic (exact) mass is 232 g/mol. The van der Waals surface area contributed by atoms with Crippen molar-refractivity contribution in [3.8, 4) is 0 Å². The van der Waals surface area contributed by atoms with Crippen LogP contribution in [0, 0.1) is 6.92 Å². The molecule has 18 heavy (non-hydrogen) atoms. The molecule has 0 saturated heterocycles. The van der Waals surface area contributed by atoms with Gasteiger partial charge < -0.3 is 4.98 Å². The third-order valence-corrected chi connectivity index (χ3v) is 3.59. The first-order valence-electron chi connectivity index (χ1n) is 6.08. The zero-order valence-electron chi connectivity index (χ0n) is 10.1. The highest BCUT2D eigenvalue weighted by molar-refractivity contribution is 6.20. The van der Waals surface area contributed by atoms with Crippen LogP contribution in [-0.4, -0.2) is 9.97 Å². The maximum absolute atomic E-state index is 4.32. The van der Waals surface area contributed by atoms with E-state index >= 15 is 0 Å². The summed E-state index contributed by atoms with van der Waals surface area (Å²) < 4.78 is 0. The summed E-state index contributed by atoms with van der Waals surface area (Å²) in [7, 11) is 0. The molecule has 2 aromatic heterocycles.